The highest BCUT2D eigenvalue weighted by Crippen LogP contribution is 2.16. The standard InChI is InChI=1S/C13H16N6O2/c1-16-11(10(9-15)12(20)17(2)13(16)21)19-7-5-18(4-3-14)6-8-19/h4-8H2,1-2H3. The molecule has 21 heavy (non-hydrogen) atoms. The summed E-state index contributed by atoms with van der Waals surface area (Å²) in [5.74, 6) is 0.363. The van der Waals surface area contributed by atoms with Crippen molar-refractivity contribution in [1.82, 2.24) is 14.0 Å². The van der Waals surface area contributed by atoms with E-state index in [1.54, 1.807) is 7.05 Å². The van der Waals surface area contributed by atoms with Crippen LogP contribution >= 0.6 is 0 Å². The summed E-state index contributed by atoms with van der Waals surface area (Å²) >= 11 is 0. The molecule has 0 amide bonds. The number of piperazine rings is 1. The van der Waals surface area contributed by atoms with Crippen LogP contribution in [0.25, 0.3) is 0 Å². The van der Waals surface area contributed by atoms with Crippen molar-refractivity contribution in [3.8, 4) is 12.1 Å². The van der Waals surface area contributed by atoms with E-state index in [0.717, 1.165) is 4.57 Å². The number of nitrogens with zero attached hydrogens (tertiary/aromatic N) is 6. The first-order chi connectivity index (χ1) is 10.0. The quantitative estimate of drug-likeness (QED) is 0.621. The maximum atomic E-state index is 12.1. The second kappa shape index (κ2) is 5.81. The summed E-state index contributed by atoms with van der Waals surface area (Å²) in [6.45, 7) is 2.80. The predicted molar refractivity (Wildman–Crippen MR) is 75.9 cm³/mol. The van der Waals surface area contributed by atoms with Crippen LogP contribution in [0.2, 0.25) is 0 Å². The Morgan fingerprint density at radius 2 is 1.67 bits per heavy atom. The van der Waals surface area contributed by atoms with Crippen molar-refractivity contribution in [3.63, 3.8) is 0 Å². The van der Waals surface area contributed by atoms with Crippen LogP contribution in [0.1, 0.15) is 5.56 Å². The average Bonchev–Trinajstić information content (AvgIpc) is 2.50. The van der Waals surface area contributed by atoms with Crippen LogP contribution in [-0.2, 0) is 14.1 Å². The molecule has 8 heteroatoms. The van der Waals surface area contributed by atoms with E-state index >= 15 is 0 Å². The largest absolute Gasteiger partial charge is 0.354 e. The molecule has 1 aliphatic heterocycles. The van der Waals surface area contributed by atoms with Gasteiger partial charge in [-0.3, -0.25) is 18.8 Å². The van der Waals surface area contributed by atoms with Crippen molar-refractivity contribution < 1.29 is 0 Å². The van der Waals surface area contributed by atoms with Crippen LogP contribution in [0.3, 0.4) is 0 Å². The fraction of sp³-hybridized carbons (Fsp3) is 0.538. The average molecular weight is 288 g/mol. The Balaban J connectivity index is 2.43. The van der Waals surface area contributed by atoms with Crippen LogP contribution in [0.5, 0.6) is 0 Å². The Morgan fingerprint density at radius 1 is 1.05 bits per heavy atom. The van der Waals surface area contributed by atoms with Gasteiger partial charge in [-0.15, -0.1) is 0 Å². The Kier molecular flexibility index (Phi) is 4.10. The lowest BCUT2D eigenvalue weighted by Gasteiger charge is -2.35. The normalized spacial score (nSPS) is 15.5. The summed E-state index contributed by atoms with van der Waals surface area (Å²) in [5.41, 5.74) is -1.04. The van der Waals surface area contributed by atoms with Crippen molar-refractivity contribution in [2.24, 2.45) is 14.1 Å². The van der Waals surface area contributed by atoms with Gasteiger partial charge >= 0.3 is 5.69 Å². The summed E-state index contributed by atoms with van der Waals surface area (Å²) in [7, 11) is 2.92. The first-order valence-electron chi connectivity index (χ1n) is 6.55. The van der Waals surface area contributed by atoms with Crippen molar-refractivity contribution >= 4 is 5.82 Å². The molecule has 1 aromatic rings. The van der Waals surface area contributed by atoms with Crippen LogP contribution in [0, 0.1) is 22.7 Å². The van der Waals surface area contributed by atoms with Crippen LogP contribution in [-0.4, -0.2) is 46.8 Å². The number of hydrogen-bond donors (Lipinski definition) is 0. The van der Waals surface area contributed by atoms with E-state index in [1.807, 2.05) is 15.9 Å². The van der Waals surface area contributed by atoms with Crippen molar-refractivity contribution in [2.75, 3.05) is 37.6 Å². The number of aromatic nitrogens is 2. The maximum absolute atomic E-state index is 12.1. The van der Waals surface area contributed by atoms with E-state index in [9.17, 15) is 14.9 Å². The van der Waals surface area contributed by atoms with E-state index in [-0.39, 0.29) is 5.56 Å². The van der Waals surface area contributed by atoms with Gasteiger partial charge in [-0.05, 0) is 0 Å². The smallest absolute Gasteiger partial charge is 0.332 e. The molecule has 0 aliphatic carbocycles. The molecule has 8 nitrogen and oxygen atoms in total. The minimum absolute atomic E-state index is 0.0201. The van der Waals surface area contributed by atoms with Gasteiger partial charge in [0.05, 0.1) is 12.6 Å². The van der Waals surface area contributed by atoms with E-state index in [1.165, 1.54) is 11.6 Å². The zero-order valence-electron chi connectivity index (χ0n) is 12.0. The second-order valence-corrected chi connectivity index (χ2v) is 4.94. The highest BCUT2D eigenvalue weighted by Gasteiger charge is 2.24. The summed E-state index contributed by atoms with van der Waals surface area (Å²) < 4.78 is 2.27. The Morgan fingerprint density at radius 3 is 2.19 bits per heavy atom. The van der Waals surface area contributed by atoms with Gasteiger partial charge in [0, 0.05) is 40.3 Å². The molecule has 0 saturated carbocycles. The Labute approximate surface area is 121 Å². The molecule has 0 atom stereocenters. The van der Waals surface area contributed by atoms with E-state index in [2.05, 4.69) is 6.07 Å². The molecule has 1 saturated heterocycles. The van der Waals surface area contributed by atoms with Gasteiger partial charge in [0.25, 0.3) is 5.56 Å². The molecule has 0 aromatic carbocycles. The molecular formula is C13H16N6O2. The summed E-state index contributed by atoms with van der Waals surface area (Å²) in [6, 6.07) is 4.00. The molecule has 110 valence electrons. The van der Waals surface area contributed by atoms with Gasteiger partial charge in [-0.25, -0.2) is 4.79 Å². The molecule has 1 aliphatic rings. The number of nitriles is 2. The molecule has 1 aromatic heterocycles. The van der Waals surface area contributed by atoms with Gasteiger partial charge < -0.3 is 4.90 Å². The minimum atomic E-state index is -0.574. The van der Waals surface area contributed by atoms with Crippen LogP contribution in [0.4, 0.5) is 5.82 Å². The summed E-state index contributed by atoms with van der Waals surface area (Å²) in [4.78, 5) is 27.9. The molecule has 0 N–H and O–H groups in total. The lowest BCUT2D eigenvalue weighted by atomic mass is 10.2. The Hall–Kier alpha value is -2.58. The van der Waals surface area contributed by atoms with E-state index < -0.39 is 11.2 Å². The zero-order valence-corrected chi connectivity index (χ0v) is 12.0. The zero-order chi connectivity index (χ0) is 15.6. The molecular weight excluding hydrogens is 272 g/mol. The molecule has 0 radical (unpaired) electrons. The fourth-order valence-corrected chi connectivity index (χ4v) is 2.52. The van der Waals surface area contributed by atoms with Gasteiger partial charge in [0.15, 0.2) is 5.56 Å². The van der Waals surface area contributed by atoms with Gasteiger partial charge in [-0.2, -0.15) is 10.5 Å². The molecule has 2 heterocycles. The summed E-state index contributed by atoms with van der Waals surface area (Å²) in [5, 5.41) is 17.9. The number of anilines is 1. The molecule has 0 spiro atoms. The lowest BCUT2D eigenvalue weighted by Crippen LogP contribution is -2.50. The molecule has 1 fully saturated rings. The first kappa shape index (κ1) is 14.8. The van der Waals surface area contributed by atoms with Crippen LogP contribution in [0.15, 0.2) is 9.59 Å². The third kappa shape index (κ3) is 2.54. The van der Waals surface area contributed by atoms with Crippen molar-refractivity contribution in [3.05, 3.63) is 26.4 Å². The maximum Gasteiger partial charge on any atom is 0.332 e. The van der Waals surface area contributed by atoms with Crippen molar-refractivity contribution in [2.45, 2.75) is 0 Å². The van der Waals surface area contributed by atoms with Gasteiger partial charge in [0.2, 0.25) is 0 Å². The second-order valence-electron chi connectivity index (χ2n) is 4.94. The number of hydrogen-bond acceptors (Lipinski definition) is 6. The fourth-order valence-electron chi connectivity index (χ4n) is 2.52. The molecule has 0 bridgehead atoms. The summed E-state index contributed by atoms with van der Waals surface area (Å²) in [6.07, 6.45) is 0. The third-order valence-corrected chi connectivity index (χ3v) is 3.71. The first-order valence-corrected chi connectivity index (χ1v) is 6.55. The Bertz CT molecular complexity index is 740. The topological polar surface area (TPSA) is 98.1 Å². The molecule has 0 unspecified atom stereocenters. The van der Waals surface area contributed by atoms with Gasteiger partial charge in [0.1, 0.15) is 11.9 Å². The monoisotopic (exact) mass is 288 g/mol. The predicted octanol–water partition coefficient (Wildman–Crippen LogP) is -1.40. The highest BCUT2D eigenvalue weighted by molar-refractivity contribution is 5.53. The van der Waals surface area contributed by atoms with Crippen molar-refractivity contribution in [1.29, 1.82) is 10.5 Å². The lowest BCUT2D eigenvalue weighted by molar-refractivity contribution is 0.285. The number of rotatable bonds is 2. The van der Waals surface area contributed by atoms with Crippen LogP contribution < -0.4 is 16.1 Å². The third-order valence-electron chi connectivity index (χ3n) is 3.71. The van der Waals surface area contributed by atoms with E-state index in [4.69, 9.17) is 5.26 Å². The highest BCUT2D eigenvalue weighted by atomic mass is 16.2. The van der Waals surface area contributed by atoms with Gasteiger partial charge in [-0.1, -0.05) is 0 Å². The SMILES string of the molecule is Cn1c(N2CCN(CC#N)CC2)c(C#N)c(=O)n(C)c1=O. The van der Waals surface area contributed by atoms with E-state index in [0.29, 0.717) is 38.5 Å². The molecule has 2 rings (SSSR count). The minimum Gasteiger partial charge on any atom is -0.354 e.